The average molecular weight is 744 g/mol. The molecular weight excluding hydrogens is 690 g/mol. The van der Waals surface area contributed by atoms with E-state index in [4.69, 9.17) is 38.9 Å². The Morgan fingerprint density at radius 3 is 2.24 bits per heavy atom. The molecule has 3 heterocycles. The van der Waals surface area contributed by atoms with Gasteiger partial charge in [-0.25, -0.2) is 4.79 Å². The van der Waals surface area contributed by atoms with Crippen molar-refractivity contribution in [3.63, 3.8) is 0 Å². The van der Waals surface area contributed by atoms with E-state index in [0.717, 1.165) is 43.6 Å². The number of nitrogens with zero attached hydrogens (tertiary/aromatic N) is 1. The van der Waals surface area contributed by atoms with Crippen LogP contribution in [0.1, 0.15) is 53.0 Å². The Bertz CT molecular complexity index is 1890. The monoisotopic (exact) mass is 743 g/mol. The van der Waals surface area contributed by atoms with E-state index in [1.165, 1.54) is 50.6 Å². The van der Waals surface area contributed by atoms with Crippen LogP contribution in [0.4, 0.5) is 0 Å². The molecule has 54 heavy (non-hydrogen) atoms. The first-order chi connectivity index (χ1) is 26.1. The van der Waals surface area contributed by atoms with Crippen LogP contribution in [0.25, 0.3) is 10.9 Å². The Labute approximate surface area is 317 Å². The summed E-state index contributed by atoms with van der Waals surface area (Å²) in [5, 5.41) is 1.21. The lowest BCUT2D eigenvalue weighted by molar-refractivity contribution is -0.176. The van der Waals surface area contributed by atoms with Crippen molar-refractivity contribution in [2.24, 2.45) is 23.5 Å². The second-order valence-corrected chi connectivity index (χ2v) is 14.4. The van der Waals surface area contributed by atoms with Crippen LogP contribution in [-0.4, -0.2) is 95.8 Å². The summed E-state index contributed by atoms with van der Waals surface area (Å²) in [6.07, 6.45) is 1.89. The Morgan fingerprint density at radius 2 is 1.63 bits per heavy atom. The molecule has 0 spiro atoms. The van der Waals surface area contributed by atoms with Crippen molar-refractivity contribution in [2.75, 3.05) is 55.7 Å². The molecule has 1 aromatic heterocycles. The largest absolute Gasteiger partial charge is 0.497 e. The fraction of sp³-hybridized carbons (Fsp3) is 0.476. The Kier molecular flexibility index (Phi) is 12.4. The van der Waals surface area contributed by atoms with Gasteiger partial charge in [-0.15, -0.1) is 0 Å². The molecule has 3 aromatic carbocycles. The van der Waals surface area contributed by atoms with E-state index in [1.54, 1.807) is 26.4 Å². The van der Waals surface area contributed by atoms with Gasteiger partial charge in [-0.2, -0.15) is 0 Å². The highest BCUT2D eigenvalue weighted by Crippen LogP contribution is 2.51. The number of rotatable bonds is 10. The van der Waals surface area contributed by atoms with Crippen LogP contribution >= 0.6 is 0 Å². The van der Waals surface area contributed by atoms with E-state index in [-0.39, 0.29) is 35.5 Å². The summed E-state index contributed by atoms with van der Waals surface area (Å²) in [4.78, 5) is 33.1. The highest BCUT2D eigenvalue weighted by molar-refractivity contribution is 5.91. The Morgan fingerprint density at radius 1 is 0.907 bits per heavy atom. The SMILES string of the molecule is CC(N)Cc1ccccc1.COC(=O)[C@H]1[C@H]2C[C@@H]3c4[nH]c5cc(OC)ccc5c4CCN3C[C@H]2C[C@@H](OC(=O)c2cc(OC)c(OC)c(OC)c2)[C@@H]1OC. The summed E-state index contributed by atoms with van der Waals surface area (Å²) >= 11 is 0. The van der Waals surface area contributed by atoms with Gasteiger partial charge in [0.25, 0.3) is 0 Å². The number of aromatic nitrogens is 1. The van der Waals surface area contributed by atoms with E-state index in [1.807, 2.05) is 37.3 Å². The zero-order chi connectivity index (χ0) is 38.5. The van der Waals surface area contributed by atoms with E-state index in [0.29, 0.717) is 23.7 Å². The second-order valence-electron chi connectivity index (χ2n) is 14.4. The van der Waals surface area contributed by atoms with Crippen molar-refractivity contribution >= 4 is 22.8 Å². The van der Waals surface area contributed by atoms with Gasteiger partial charge in [0, 0.05) is 48.9 Å². The molecule has 12 heteroatoms. The zero-order valence-corrected chi connectivity index (χ0v) is 32.3. The van der Waals surface area contributed by atoms with Gasteiger partial charge < -0.3 is 43.9 Å². The third-order valence-electron chi connectivity index (χ3n) is 11.2. The average Bonchev–Trinajstić information content (AvgIpc) is 3.57. The Balaban J connectivity index is 0.000000432. The summed E-state index contributed by atoms with van der Waals surface area (Å²) in [6, 6.07) is 20.0. The molecule has 7 rings (SSSR count). The van der Waals surface area contributed by atoms with Crippen LogP contribution in [0.3, 0.4) is 0 Å². The molecule has 0 amide bonds. The quantitative estimate of drug-likeness (QED) is 0.192. The molecule has 1 unspecified atom stereocenters. The first-order valence-electron chi connectivity index (χ1n) is 18.5. The molecule has 3 aliphatic rings. The summed E-state index contributed by atoms with van der Waals surface area (Å²) < 4.78 is 39.1. The molecule has 1 aliphatic carbocycles. The van der Waals surface area contributed by atoms with E-state index >= 15 is 0 Å². The van der Waals surface area contributed by atoms with Crippen molar-refractivity contribution < 1.29 is 42.7 Å². The van der Waals surface area contributed by atoms with Gasteiger partial charge in [-0.05, 0) is 79.8 Å². The maximum Gasteiger partial charge on any atom is 0.338 e. The first-order valence-corrected chi connectivity index (χ1v) is 18.5. The lowest BCUT2D eigenvalue weighted by Gasteiger charge is -2.52. The van der Waals surface area contributed by atoms with Crippen LogP contribution in [0, 0.1) is 17.8 Å². The fourth-order valence-electron chi connectivity index (χ4n) is 8.75. The normalized spacial score (nSPS) is 23.7. The molecule has 3 N–H and O–H groups in total. The summed E-state index contributed by atoms with van der Waals surface area (Å²) in [5.41, 5.74) is 10.8. The molecule has 290 valence electrons. The minimum absolute atomic E-state index is 0.0170. The lowest BCUT2D eigenvalue weighted by Crippen LogP contribution is -2.58. The predicted octanol–water partition coefficient (Wildman–Crippen LogP) is 5.75. The Hall–Kier alpha value is -4.78. The third kappa shape index (κ3) is 7.87. The molecule has 2 fully saturated rings. The number of nitrogens with one attached hydrogen (secondary N) is 1. The number of aromatic amines is 1. The van der Waals surface area contributed by atoms with Gasteiger partial charge in [0.15, 0.2) is 11.5 Å². The number of H-pyrrole nitrogens is 1. The van der Waals surface area contributed by atoms with Crippen molar-refractivity contribution in [2.45, 2.75) is 56.9 Å². The number of hydrogen-bond donors (Lipinski definition) is 2. The minimum Gasteiger partial charge on any atom is -0.497 e. The maximum absolute atomic E-state index is 13.5. The summed E-state index contributed by atoms with van der Waals surface area (Å²) in [5.74, 6) is 0.441. The number of carbonyl (C=O) groups is 2. The van der Waals surface area contributed by atoms with Crippen molar-refractivity contribution in [1.29, 1.82) is 0 Å². The van der Waals surface area contributed by atoms with Crippen LogP contribution in [0.2, 0.25) is 0 Å². The van der Waals surface area contributed by atoms with E-state index in [9.17, 15) is 9.59 Å². The number of esters is 2. The van der Waals surface area contributed by atoms with Crippen LogP contribution in [0.15, 0.2) is 60.7 Å². The smallest absolute Gasteiger partial charge is 0.338 e. The van der Waals surface area contributed by atoms with Crippen molar-refractivity contribution in [3.05, 3.63) is 83.0 Å². The maximum atomic E-state index is 13.5. The highest BCUT2D eigenvalue weighted by Gasteiger charge is 2.54. The topological polar surface area (TPSA) is 144 Å². The summed E-state index contributed by atoms with van der Waals surface area (Å²) in [6.45, 7) is 3.70. The molecular formula is C42H53N3O9. The molecule has 7 atom stereocenters. The predicted molar refractivity (Wildman–Crippen MR) is 204 cm³/mol. The van der Waals surface area contributed by atoms with Crippen LogP contribution in [-0.2, 0) is 31.8 Å². The lowest BCUT2D eigenvalue weighted by atomic mass is 9.63. The van der Waals surface area contributed by atoms with Gasteiger partial charge in [0.2, 0.25) is 5.75 Å². The van der Waals surface area contributed by atoms with Crippen molar-refractivity contribution in [1.82, 2.24) is 9.88 Å². The number of piperidine rings is 1. The number of fused-ring (bicyclic) bond motifs is 6. The molecule has 2 aliphatic heterocycles. The van der Waals surface area contributed by atoms with Gasteiger partial charge in [0.05, 0.1) is 53.1 Å². The van der Waals surface area contributed by atoms with E-state index < -0.39 is 24.1 Å². The van der Waals surface area contributed by atoms with Gasteiger partial charge in [-0.3, -0.25) is 9.69 Å². The second kappa shape index (κ2) is 17.1. The van der Waals surface area contributed by atoms with Gasteiger partial charge >= 0.3 is 11.9 Å². The number of benzene rings is 3. The van der Waals surface area contributed by atoms with Crippen LogP contribution in [0.5, 0.6) is 23.0 Å². The molecule has 12 nitrogen and oxygen atoms in total. The number of methoxy groups -OCH3 is 6. The molecule has 1 saturated heterocycles. The first kappa shape index (κ1) is 38.9. The highest BCUT2D eigenvalue weighted by atomic mass is 16.6. The van der Waals surface area contributed by atoms with Crippen molar-refractivity contribution in [3.8, 4) is 23.0 Å². The third-order valence-corrected chi connectivity index (χ3v) is 11.2. The van der Waals surface area contributed by atoms with Gasteiger partial charge in [0.1, 0.15) is 18.0 Å². The summed E-state index contributed by atoms with van der Waals surface area (Å²) in [7, 11) is 9.10. The zero-order valence-electron chi connectivity index (χ0n) is 32.3. The minimum atomic E-state index is -0.670. The number of carbonyl (C=O) groups excluding carboxylic acids is 2. The molecule has 1 saturated carbocycles. The van der Waals surface area contributed by atoms with Gasteiger partial charge in [-0.1, -0.05) is 30.3 Å². The molecule has 0 bridgehead atoms. The standard InChI is InChI=1S/C33H40N2O9.C9H13N/c1-38-19-7-8-20-21-9-10-35-16-18-13-27(44-32(36)17-11-25(39-2)30(41-4)26(12-17)40-3)31(42-5)28(33(37)43-6)22(18)15-24(35)29(21)34-23(20)14-19;1-8(10)7-9-5-3-2-4-6-9/h7-8,11-12,14,18,22,24,27-28,31,34H,9-10,13,15-16H2,1-6H3;2-6,8H,7,10H2,1H3/t18-,22+,24-,27-,28+,31+;/m1./s1. The van der Waals surface area contributed by atoms with Crippen LogP contribution < -0.4 is 24.7 Å². The molecule has 4 aromatic rings. The number of ether oxygens (including phenoxy) is 7. The van der Waals surface area contributed by atoms with E-state index in [2.05, 4.69) is 28.1 Å². The molecule has 0 radical (unpaired) electrons. The number of nitrogens with two attached hydrogens (primary N) is 1. The number of hydrogen-bond acceptors (Lipinski definition) is 11. The fourth-order valence-corrected chi connectivity index (χ4v) is 8.75.